The minimum absolute atomic E-state index is 0.189. The average molecular weight is 436 g/mol. The molecule has 0 aromatic heterocycles. The van der Waals surface area contributed by atoms with E-state index in [1.165, 1.54) is 0 Å². The van der Waals surface area contributed by atoms with E-state index in [0.29, 0.717) is 18.9 Å². The summed E-state index contributed by atoms with van der Waals surface area (Å²) in [6.45, 7) is 4.64. The third kappa shape index (κ3) is 4.88. The molecule has 1 heterocycles. The molecule has 0 spiro atoms. The Balaban J connectivity index is 1.61. The molecule has 1 saturated heterocycles. The van der Waals surface area contributed by atoms with Gasteiger partial charge in [0.2, 0.25) is 0 Å². The van der Waals surface area contributed by atoms with Gasteiger partial charge in [-0.1, -0.05) is 48.0 Å². The van der Waals surface area contributed by atoms with Crippen LogP contribution in [0.5, 0.6) is 5.75 Å². The molecule has 31 heavy (non-hydrogen) atoms. The number of aryl methyl sites for hydroxylation is 1. The first-order valence-corrected chi connectivity index (χ1v) is 11.6. The summed E-state index contributed by atoms with van der Waals surface area (Å²) in [5.41, 5.74) is 2.80. The second-order valence-electron chi connectivity index (χ2n) is 7.56. The lowest BCUT2D eigenvalue weighted by atomic mass is 10.1. The molecular weight excluding hydrogens is 410 g/mol. The number of sulfonamides is 1. The van der Waals surface area contributed by atoms with Crippen molar-refractivity contribution in [3.8, 4) is 5.75 Å². The molecule has 0 radical (unpaired) electrons. The van der Waals surface area contributed by atoms with Gasteiger partial charge >= 0.3 is 0 Å². The molecule has 0 amide bonds. The van der Waals surface area contributed by atoms with Crippen molar-refractivity contribution in [2.75, 3.05) is 31.1 Å². The van der Waals surface area contributed by atoms with Crippen LogP contribution in [0.15, 0.2) is 88.2 Å². The van der Waals surface area contributed by atoms with Crippen LogP contribution in [0.4, 0.5) is 5.69 Å². The molecular formula is C24H25N3O3S. The summed E-state index contributed by atoms with van der Waals surface area (Å²) in [4.78, 5) is 4.43. The zero-order chi connectivity index (χ0) is 21.8. The van der Waals surface area contributed by atoms with E-state index in [0.717, 1.165) is 29.9 Å². The molecule has 0 aliphatic carbocycles. The van der Waals surface area contributed by atoms with Crippen molar-refractivity contribution in [1.29, 1.82) is 0 Å². The van der Waals surface area contributed by atoms with Gasteiger partial charge in [0.25, 0.3) is 10.0 Å². The molecule has 1 N–H and O–H groups in total. The highest BCUT2D eigenvalue weighted by Gasteiger charge is 2.24. The van der Waals surface area contributed by atoms with E-state index < -0.39 is 10.0 Å². The topological polar surface area (TPSA) is 73.2 Å². The fraction of sp³-hybridized carbons (Fsp3) is 0.208. The van der Waals surface area contributed by atoms with Crippen LogP contribution >= 0.6 is 0 Å². The Hall–Kier alpha value is -3.32. The first-order valence-electron chi connectivity index (χ1n) is 10.2. The van der Waals surface area contributed by atoms with Gasteiger partial charge in [0.15, 0.2) is 0 Å². The van der Waals surface area contributed by atoms with Crippen LogP contribution in [0, 0.1) is 6.92 Å². The minimum atomic E-state index is -3.84. The molecule has 4 rings (SSSR count). The zero-order valence-electron chi connectivity index (χ0n) is 17.3. The Kier molecular flexibility index (Phi) is 5.95. The van der Waals surface area contributed by atoms with Crippen molar-refractivity contribution < 1.29 is 13.5 Å². The lowest BCUT2D eigenvalue weighted by Gasteiger charge is -2.37. The molecule has 1 fully saturated rings. The molecule has 7 heteroatoms. The third-order valence-electron chi connectivity index (χ3n) is 5.35. The summed E-state index contributed by atoms with van der Waals surface area (Å²) >= 11 is 0. The molecule has 1 aliphatic rings. The van der Waals surface area contributed by atoms with Crippen molar-refractivity contribution in [1.82, 2.24) is 4.90 Å². The van der Waals surface area contributed by atoms with Gasteiger partial charge in [0, 0.05) is 37.4 Å². The van der Waals surface area contributed by atoms with Gasteiger partial charge in [0.05, 0.1) is 4.90 Å². The van der Waals surface area contributed by atoms with Gasteiger partial charge in [-0.05, 0) is 43.3 Å². The number of aromatic hydroxyl groups is 1. The number of amidine groups is 1. The molecule has 0 atom stereocenters. The second kappa shape index (κ2) is 8.81. The van der Waals surface area contributed by atoms with Crippen LogP contribution in [-0.4, -0.2) is 50.4 Å². The number of phenols is 1. The van der Waals surface area contributed by atoms with Gasteiger partial charge in [-0.3, -0.25) is 0 Å². The maximum atomic E-state index is 13.0. The second-order valence-corrected chi connectivity index (χ2v) is 9.16. The Labute approximate surface area is 183 Å². The molecule has 3 aromatic rings. The summed E-state index contributed by atoms with van der Waals surface area (Å²) in [6, 6.07) is 23.3. The number of hydrogen-bond acceptors (Lipinski definition) is 4. The van der Waals surface area contributed by atoms with E-state index in [9.17, 15) is 13.5 Å². The standard InChI is InChI=1S/C24H25N3O3S/c1-19-7-13-23(14-8-19)31(29,30)25-24(20-5-3-2-4-6-20)27-17-15-26(16-18-27)21-9-11-22(28)12-10-21/h2-14,28H,15-18H2,1H3/b25-24+. The van der Waals surface area contributed by atoms with Crippen LogP contribution in [-0.2, 0) is 10.0 Å². The molecule has 1 aliphatic heterocycles. The quantitative estimate of drug-likeness (QED) is 0.500. The van der Waals surface area contributed by atoms with Crippen LogP contribution in [0.25, 0.3) is 0 Å². The van der Waals surface area contributed by atoms with E-state index in [1.54, 1.807) is 36.4 Å². The largest absolute Gasteiger partial charge is 0.508 e. The number of piperazine rings is 1. The summed E-state index contributed by atoms with van der Waals surface area (Å²) in [5.74, 6) is 0.703. The Morgan fingerprint density at radius 3 is 2.06 bits per heavy atom. The van der Waals surface area contributed by atoms with Crippen molar-refractivity contribution in [3.63, 3.8) is 0 Å². The van der Waals surface area contributed by atoms with Crippen LogP contribution in [0.1, 0.15) is 11.1 Å². The van der Waals surface area contributed by atoms with E-state index in [1.807, 2.05) is 54.3 Å². The fourth-order valence-corrected chi connectivity index (χ4v) is 4.63. The van der Waals surface area contributed by atoms with Crippen LogP contribution in [0.3, 0.4) is 0 Å². The van der Waals surface area contributed by atoms with Gasteiger partial charge in [-0.25, -0.2) is 0 Å². The number of nitrogens with zero attached hydrogens (tertiary/aromatic N) is 3. The Morgan fingerprint density at radius 1 is 0.839 bits per heavy atom. The molecule has 0 unspecified atom stereocenters. The number of hydrogen-bond donors (Lipinski definition) is 1. The highest BCUT2D eigenvalue weighted by atomic mass is 32.2. The van der Waals surface area contributed by atoms with E-state index in [4.69, 9.17) is 0 Å². The lowest BCUT2D eigenvalue weighted by molar-refractivity contribution is 0.386. The molecule has 6 nitrogen and oxygen atoms in total. The van der Waals surface area contributed by atoms with E-state index in [2.05, 4.69) is 9.30 Å². The third-order valence-corrected chi connectivity index (χ3v) is 6.63. The molecule has 0 saturated carbocycles. The highest BCUT2D eigenvalue weighted by molar-refractivity contribution is 7.90. The monoisotopic (exact) mass is 435 g/mol. The Bertz CT molecular complexity index is 1150. The van der Waals surface area contributed by atoms with E-state index in [-0.39, 0.29) is 10.6 Å². The van der Waals surface area contributed by atoms with Gasteiger partial charge in [0.1, 0.15) is 11.6 Å². The smallest absolute Gasteiger partial charge is 0.284 e. The van der Waals surface area contributed by atoms with Gasteiger partial charge in [-0.2, -0.15) is 8.42 Å². The predicted octanol–water partition coefficient (Wildman–Crippen LogP) is 3.66. The van der Waals surface area contributed by atoms with Crippen molar-refractivity contribution in [2.45, 2.75) is 11.8 Å². The minimum Gasteiger partial charge on any atom is -0.508 e. The molecule has 0 bridgehead atoms. The Morgan fingerprint density at radius 2 is 1.45 bits per heavy atom. The van der Waals surface area contributed by atoms with Crippen LogP contribution < -0.4 is 4.90 Å². The number of rotatable bonds is 4. The summed E-state index contributed by atoms with van der Waals surface area (Å²) in [5, 5.41) is 9.51. The number of benzene rings is 3. The van der Waals surface area contributed by atoms with Crippen molar-refractivity contribution in [2.24, 2.45) is 4.40 Å². The fourth-order valence-electron chi connectivity index (χ4n) is 3.60. The number of phenolic OH excluding ortho intramolecular Hbond substituents is 1. The summed E-state index contributed by atoms with van der Waals surface area (Å²) < 4.78 is 30.4. The first-order chi connectivity index (χ1) is 14.9. The van der Waals surface area contributed by atoms with E-state index >= 15 is 0 Å². The van der Waals surface area contributed by atoms with Crippen LogP contribution in [0.2, 0.25) is 0 Å². The molecule has 3 aromatic carbocycles. The summed E-state index contributed by atoms with van der Waals surface area (Å²) in [6.07, 6.45) is 0. The van der Waals surface area contributed by atoms with Crippen molar-refractivity contribution in [3.05, 3.63) is 90.0 Å². The lowest BCUT2D eigenvalue weighted by Crippen LogP contribution is -2.49. The number of anilines is 1. The van der Waals surface area contributed by atoms with Crippen molar-refractivity contribution >= 4 is 21.5 Å². The maximum Gasteiger partial charge on any atom is 0.284 e. The normalized spacial score (nSPS) is 15.2. The maximum absolute atomic E-state index is 13.0. The highest BCUT2D eigenvalue weighted by Crippen LogP contribution is 2.22. The SMILES string of the molecule is Cc1ccc(S(=O)(=O)/N=C(\c2ccccc2)N2CCN(c3ccc(O)cc3)CC2)cc1. The van der Waals surface area contributed by atoms with Gasteiger partial charge in [-0.15, -0.1) is 4.40 Å². The predicted molar refractivity (Wildman–Crippen MR) is 123 cm³/mol. The zero-order valence-corrected chi connectivity index (χ0v) is 18.2. The molecule has 160 valence electrons. The summed E-state index contributed by atoms with van der Waals surface area (Å²) in [7, 11) is -3.84. The first kappa shape index (κ1) is 20.9. The van der Waals surface area contributed by atoms with Gasteiger partial charge < -0.3 is 14.9 Å². The average Bonchev–Trinajstić information content (AvgIpc) is 2.79.